The predicted molar refractivity (Wildman–Crippen MR) is 48.8 cm³/mol. The highest BCUT2D eigenvalue weighted by Gasteiger charge is 2.46. The van der Waals surface area contributed by atoms with Gasteiger partial charge in [-0.05, 0) is 19.3 Å². The summed E-state index contributed by atoms with van der Waals surface area (Å²) in [4.78, 5) is -0.371. The van der Waals surface area contributed by atoms with Gasteiger partial charge in [0, 0.05) is 9.65 Å². The van der Waals surface area contributed by atoms with Crippen LogP contribution in [0.5, 0.6) is 0 Å². The first-order valence-corrected chi connectivity index (χ1v) is 5.59. The van der Waals surface area contributed by atoms with Crippen molar-refractivity contribution in [1.82, 2.24) is 0 Å². The second-order valence-corrected chi connectivity index (χ2v) is 5.55. The second-order valence-electron chi connectivity index (χ2n) is 3.07. The lowest BCUT2D eigenvalue weighted by atomic mass is 9.88. The van der Waals surface area contributed by atoms with Gasteiger partial charge in [0.05, 0.1) is 5.92 Å². The van der Waals surface area contributed by atoms with Gasteiger partial charge in [-0.3, -0.25) is 0 Å². The van der Waals surface area contributed by atoms with Crippen molar-refractivity contribution in [3.05, 3.63) is 0 Å². The van der Waals surface area contributed by atoms with E-state index < -0.39 is 16.9 Å². The number of hydrogen-bond acceptors (Lipinski definition) is 0. The van der Waals surface area contributed by atoms with Crippen molar-refractivity contribution < 1.29 is 13.2 Å². The van der Waals surface area contributed by atoms with Crippen LogP contribution in [0.25, 0.3) is 0 Å². The molecule has 1 aliphatic carbocycles. The van der Waals surface area contributed by atoms with Crippen LogP contribution in [0.15, 0.2) is 0 Å². The number of alkyl halides is 5. The Balaban J connectivity index is 2.61. The van der Waals surface area contributed by atoms with Gasteiger partial charge in [-0.1, -0.05) is 31.9 Å². The summed E-state index contributed by atoms with van der Waals surface area (Å²) in [7, 11) is 0. The first-order chi connectivity index (χ1) is 5.41. The van der Waals surface area contributed by atoms with Crippen LogP contribution in [0.3, 0.4) is 0 Å². The first-order valence-electron chi connectivity index (χ1n) is 3.76. The fourth-order valence-electron chi connectivity index (χ4n) is 1.42. The van der Waals surface area contributed by atoms with Gasteiger partial charge in [0.15, 0.2) is 0 Å². The quantitative estimate of drug-likeness (QED) is 0.596. The van der Waals surface area contributed by atoms with Crippen molar-refractivity contribution in [2.24, 2.45) is 5.92 Å². The Morgan fingerprint density at radius 2 is 1.67 bits per heavy atom. The average Bonchev–Trinajstić information content (AvgIpc) is 1.92. The fourth-order valence-corrected chi connectivity index (χ4v) is 2.87. The highest BCUT2D eigenvalue weighted by Crippen LogP contribution is 2.42. The summed E-state index contributed by atoms with van der Waals surface area (Å²) in [6, 6.07) is 0. The smallest absolute Gasteiger partial charge is 0.171 e. The van der Waals surface area contributed by atoms with E-state index >= 15 is 0 Å². The zero-order valence-electron chi connectivity index (χ0n) is 6.24. The van der Waals surface area contributed by atoms with Crippen molar-refractivity contribution in [2.75, 3.05) is 0 Å². The van der Waals surface area contributed by atoms with E-state index in [1.54, 1.807) is 0 Å². The molecular formula is C7H9Br2F3. The molecule has 3 atom stereocenters. The third kappa shape index (κ3) is 2.62. The molecule has 3 unspecified atom stereocenters. The summed E-state index contributed by atoms with van der Waals surface area (Å²) in [6.07, 6.45) is -2.44. The highest BCUT2D eigenvalue weighted by atomic mass is 79.9. The molecule has 0 bridgehead atoms. The molecule has 1 aliphatic rings. The maximum atomic E-state index is 12.3. The van der Waals surface area contributed by atoms with Crippen LogP contribution in [0.2, 0.25) is 0 Å². The van der Waals surface area contributed by atoms with Gasteiger partial charge in [-0.25, -0.2) is 0 Å². The molecule has 0 nitrogen and oxygen atoms in total. The zero-order valence-corrected chi connectivity index (χ0v) is 9.42. The molecule has 5 heteroatoms. The van der Waals surface area contributed by atoms with Crippen molar-refractivity contribution in [2.45, 2.75) is 35.1 Å². The van der Waals surface area contributed by atoms with Crippen LogP contribution in [0, 0.1) is 5.92 Å². The van der Waals surface area contributed by atoms with Crippen LogP contribution >= 0.6 is 31.9 Å². The van der Waals surface area contributed by atoms with E-state index in [1.807, 2.05) is 0 Å². The maximum Gasteiger partial charge on any atom is 0.392 e. The van der Waals surface area contributed by atoms with Gasteiger partial charge < -0.3 is 0 Å². The van der Waals surface area contributed by atoms with Gasteiger partial charge in [0.1, 0.15) is 0 Å². The minimum Gasteiger partial charge on any atom is -0.171 e. The van der Waals surface area contributed by atoms with Crippen molar-refractivity contribution >= 4 is 31.9 Å². The van der Waals surface area contributed by atoms with Gasteiger partial charge in [-0.2, -0.15) is 13.2 Å². The molecule has 0 aromatic carbocycles. The third-order valence-corrected chi connectivity index (χ3v) is 4.05. The lowest BCUT2D eigenvalue weighted by Crippen LogP contribution is -2.36. The summed E-state index contributed by atoms with van der Waals surface area (Å²) < 4.78 is 36.9. The summed E-state index contributed by atoms with van der Waals surface area (Å²) in [5.41, 5.74) is 0. The van der Waals surface area contributed by atoms with Crippen LogP contribution in [-0.4, -0.2) is 15.8 Å². The van der Waals surface area contributed by atoms with Crippen LogP contribution in [-0.2, 0) is 0 Å². The molecule has 0 aromatic heterocycles. The summed E-state index contributed by atoms with van der Waals surface area (Å²) >= 11 is 6.30. The lowest BCUT2D eigenvalue weighted by molar-refractivity contribution is -0.178. The van der Waals surface area contributed by atoms with Crippen molar-refractivity contribution in [3.8, 4) is 0 Å². The van der Waals surface area contributed by atoms with Crippen LogP contribution in [0.4, 0.5) is 13.2 Å². The molecule has 0 heterocycles. The Hall–Kier alpha value is 0.750. The standard InChI is InChI=1S/C7H9Br2F3/c8-4-1-2-6(9)5(3-4)7(10,11)12/h4-6H,1-3H2. The molecule has 0 aromatic rings. The molecule has 0 N–H and O–H groups in total. The number of rotatable bonds is 0. The maximum absolute atomic E-state index is 12.3. The average molecular weight is 310 g/mol. The van der Waals surface area contributed by atoms with E-state index in [9.17, 15) is 13.2 Å². The van der Waals surface area contributed by atoms with E-state index in [0.29, 0.717) is 6.42 Å². The molecule has 72 valence electrons. The third-order valence-electron chi connectivity index (χ3n) is 2.12. The molecule has 0 aliphatic heterocycles. The molecule has 1 fully saturated rings. The van der Waals surface area contributed by atoms with Crippen molar-refractivity contribution in [3.63, 3.8) is 0 Å². The van der Waals surface area contributed by atoms with Crippen molar-refractivity contribution in [1.29, 1.82) is 0 Å². The Labute approximate surface area is 86.2 Å². The van der Waals surface area contributed by atoms with Crippen LogP contribution in [0.1, 0.15) is 19.3 Å². The van der Waals surface area contributed by atoms with Gasteiger partial charge >= 0.3 is 6.18 Å². The molecule has 1 rings (SSSR count). The Morgan fingerprint density at radius 1 is 1.08 bits per heavy atom. The van der Waals surface area contributed by atoms with E-state index in [0.717, 1.165) is 6.42 Å². The molecule has 0 radical (unpaired) electrons. The van der Waals surface area contributed by atoms with E-state index in [1.165, 1.54) is 0 Å². The minimum atomic E-state index is -4.05. The second kappa shape index (κ2) is 3.86. The summed E-state index contributed by atoms with van der Waals surface area (Å²) in [6.45, 7) is 0. The zero-order chi connectivity index (χ0) is 9.35. The van der Waals surface area contributed by atoms with E-state index in [-0.39, 0.29) is 11.2 Å². The predicted octanol–water partition coefficient (Wildman–Crippen LogP) is 3.88. The SMILES string of the molecule is FC(F)(F)C1CC(Br)CCC1Br. The molecule has 12 heavy (non-hydrogen) atoms. The molecular weight excluding hydrogens is 301 g/mol. The topological polar surface area (TPSA) is 0 Å². The fraction of sp³-hybridized carbons (Fsp3) is 1.00. The van der Waals surface area contributed by atoms with Crippen LogP contribution < -0.4 is 0 Å². The summed E-state index contributed by atoms with van der Waals surface area (Å²) in [5, 5.41) is 0. The Kier molecular flexibility index (Phi) is 3.49. The van der Waals surface area contributed by atoms with E-state index in [2.05, 4.69) is 31.9 Å². The first kappa shape index (κ1) is 10.8. The van der Waals surface area contributed by atoms with E-state index in [4.69, 9.17) is 0 Å². The largest absolute Gasteiger partial charge is 0.392 e. The lowest BCUT2D eigenvalue weighted by Gasteiger charge is -2.31. The molecule has 0 saturated heterocycles. The van der Waals surface area contributed by atoms with Gasteiger partial charge in [0.2, 0.25) is 0 Å². The summed E-state index contributed by atoms with van der Waals surface area (Å²) in [5.74, 6) is -1.18. The molecule has 1 saturated carbocycles. The van der Waals surface area contributed by atoms with Gasteiger partial charge in [-0.15, -0.1) is 0 Å². The normalized spacial score (nSPS) is 38.2. The Bertz CT molecular complexity index is 157. The Morgan fingerprint density at radius 3 is 2.08 bits per heavy atom. The molecule has 0 amide bonds. The van der Waals surface area contributed by atoms with Gasteiger partial charge in [0.25, 0.3) is 0 Å². The minimum absolute atomic E-state index is 0.0259. The monoisotopic (exact) mass is 308 g/mol. The molecule has 0 spiro atoms. The number of halogens is 5. The highest BCUT2D eigenvalue weighted by molar-refractivity contribution is 9.10. The number of hydrogen-bond donors (Lipinski definition) is 0.